The predicted octanol–water partition coefficient (Wildman–Crippen LogP) is 7.52. The smallest absolute Gasteiger partial charge is 0.0927 e. The second-order valence-corrected chi connectivity index (χ2v) is 11.6. The molecule has 206 valence electrons. The zero-order valence-electron chi connectivity index (χ0n) is 24.3. The van der Waals surface area contributed by atoms with Crippen molar-refractivity contribution in [3.8, 4) is 0 Å². The highest BCUT2D eigenvalue weighted by Gasteiger charge is 2.27. The van der Waals surface area contributed by atoms with E-state index in [2.05, 4.69) is 58.3 Å². The van der Waals surface area contributed by atoms with Gasteiger partial charge in [0.1, 0.15) is 0 Å². The molecule has 1 aromatic carbocycles. The Morgan fingerprint density at radius 2 is 0.943 bits per heavy atom. The largest absolute Gasteiger partial charge is 1.00 e. The van der Waals surface area contributed by atoms with E-state index < -0.39 is 0 Å². The number of hydrogen-bond donors (Lipinski definition) is 0. The van der Waals surface area contributed by atoms with Gasteiger partial charge in [0.05, 0.1) is 26.7 Å². The highest BCUT2D eigenvalue weighted by atomic mass is 35.5. The van der Waals surface area contributed by atoms with Crippen molar-refractivity contribution in [1.29, 1.82) is 0 Å². The minimum Gasteiger partial charge on any atom is -1.00 e. The molecule has 1 nitrogen and oxygen atoms in total. The number of nitrogens with zero attached hydrogens (tertiary/aromatic N) is 1. The molecule has 35 heavy (non-hydrogen) atoms. The van der Waals surface area contributed by atoms with Gasteiger partial charge in [0, 0.05) is 6.42 Å². The predicted molar refractivity (Wildman–Crippen MR) is 155 cm³/mol. The zero-order chi connectivity index (χ0) is 24.7. The fourth-order valence-electron chi connectivity index (χ4n) is 5.46. The summed E-state index contributed by atoms with van der Waals surface area (Å²) in [5.74, 6) is 0. The molecule has 1 atom stereocenters. The van der Waals surface area contributed by atoms with Crippen LogP contribution in [0.4, 0.5) is 0 Å². The molecule has 0 aliphatic heterocycles. The second kappa shape index (κ2) is 23.8. The van der Waals surface area contributed by atoms with Gasteiger partial charge in [-0.25, -0.2) is 0 Å². The van der Waals surface area contributed by atoms with Crippen LogP contribution in [-0.4, -0.2) is 31.2 Å². The molecule has 0 N–H and O–H groups in total. The molecule has 1 aromatic rings. The van der Waals surface area contributed by atoms with E-state index in [-0.39, 0.29) is 12.4 Å². The first-order chi connectivity index (χ1) is 16.6. The van der Waals surface area contributed by atoms with Gasteiger partial charge in [-0.15, -0.1) is 0 Å². The average molecular weight is 508 g/mol. The number of hydrogen-bond acceptors (Lipinski definition) is 0. The Morgan fingerprint density at radius 1 is 0.543 bits per heavy atom. The number of quaternary nitrogens is 1. The maximum Gasteiger partial charge on any atom is 0.0927 e. The first-order valence-corrected chi connectivity index (χ1v) is 15.5. The lowest BCUT2D eigenvalue weighted by atomic mass is 9.96. The molecular weight excluding hydrogens is 446 g/mol. The summed E-state index contributed by atoms with van der Waals surface area (Å²) in [6.45, 7) is 5.95. The quantitative estimate of drug-likeness (QED) is 0.100. The summed E-state index contributed by atoms with van der Waals surface area (Å²) in [5, 5.41) is 0. The maximum atomic E-state index is 2.51. The van der Waals surface area contributed by atoms with Crippen LogP contribution in [-0.2, 0) is 6.42 Å². The van der Waals surface area contributed by atoms with Crippen molar-refractivity contribution in [1.82, 2.24) is 0 Å². The van der Waals surface area contributed by atoms with Crippen molar-refractivity contribution < 1.29 is 16.9 Å². The van der Waals surface area contributed by atoms with Gasteiger partial charge in [0.25, 0.3) is 0 Å². The monoisotopic (exact) mass is 507 g/mol. The number of rotatable bonds is 24. The summed E-state index contributed by atoms with van der Waals surface area (Å²) >= 11 is 0. The standard InChI is InChI=1S/C33H62N.ClH/c1-5-7-9-11-13-15-17-19-21-26-30-34(3,4)33(31-32-27-23-22-24-28-32)29-25-20-18-16-14-12-10-8-6-2;/h22-24,27-28,33H,5-21,25-26,29-31H2,1-4H3;1H/q+1;/p-1. The molecule has 0 saturated heterocycles. The van der Waals surface area contributed by atoms with Crippen LogP contribution in [0.3, 0.4) is 0 Å². The summed E-state index contributed by atoms with van der Waals surface area (Å²) in [7, 11) is 5.02. The molecule has 0 aliphatic rings. The van der Waals surface area contributed by atoms with E-state index in [1.807, 2.05) is 0 Å². The van der Waals surface area contributed by atoms with Crippen LogP contribution < -0.4 is 12.4 Å². The van der Waals surface area contributed by atoms with Gasteiger partial charge < -0.3 is 16.9 Å². The molecule has 0 saturated carbocycles. The Balaban J connectivity index is 0.0000116. The fraction of sp³-hybridized carbons (Fsp3) is 0.818. The molecule has 0 bridgehead atoms. The Bertz CT molecular complexity index is 541. The molecule has 1 rings (SSSR count). The van der Waals surface area contributed by atoms with E-state index in [4.69, 9.17) is 0 Å². The van der Waals surface area contributed by atoms with Gasteiger partial charge in [0.15, 0.2) is 0 Å². The molecule has 0 heterocycles. The van der Waals surface area contributed by atoms with Crippen LogP contribution in [0.25, 0.3) is 0 Å². The van der Waals surface area contributed by atoms with Gasteiger partial charge in [-0.05, 0) is 31.2 Å². The van der Waals surface area contributed by atoms with Crippen LogP contribution >= 0.6 is 0 Å². The number of benzene rings is 1. The maximum absolute atomic E-state index is 2.51. The lowest BCUT2D eigenvalue weighted by molar-refractivity contribution is -0.915. The van der Waals surface area contributed by atoms with Gasteiger partial charge >= 0.3 is 0 Å². The zero-order valence-corrected chi connectivity index (χ0v) is 25.1. The Labute approximate surface area is 227 Å². The molecule has 0 aliphatic carbocycles. The van der Waals surface area contributed by atoms with Crippen LogP contribution in [0.5, 0.6) is 0 Å². The van der Waals surface area contributed by atoms with Gasteiger partial charge in [-0.1, -0.05) is 147 Å². The van der Waals surface area contributed by atoms with Crippen LogP contribution in [0.15, 0.2) is 30.3 Å². The van der Waals surface area contributed by atoms with Crippen molar-refractivity contribution in [3.63, 3.8) is 0 Å². The van der Waals surface area contributed by atoms with E-state index in [1.54, 1.807) is 0 Å². The molecular formula is C33H62ClN. The molecule has 1 unspecified atom stereocenters. The summed E-state index contributed by atoms with van der Waals surface area (Å²) in [5.41, 5.74) is 1.53. The first kappa shape index (κ1) is 34.5. The van der Waals surface area contributed by atoms with Crippen molar-refractivity contribution in [2.75, 3.05) is 20.6 Å². The third kappa shape index (κ3) is 19.3. The minimum atomic E-state index is 0. The molecule has 0 spiro atoms. The van der Waals surface area contributed by atoms with E-state index in [1.165, 1.54) is 151 Å². The van der Waals surface area contributed by atoms with Crippen molar-refractivity contribution in [2.24, 2.45) is 0 Å². The van der Waals surface area contributed by atoms with E-state index in [0.29, 0.717) is 0 Å². The summed E-state index contributed by atoms with van der Waals surface area (Å²) in [6.07, 6.45) is 29.8. The minimum absolute atomic E-state index is 0. The summed E-state index contributed by atoms with van der Waals surface area (Å²) in [4.78, 5) is 0. The SMILES string of the molecule is CCCCCCCCCCCC[N+](C)(C)C(CCCCCCCCCCC)Cc1ccccc1.[Cl-]. The van der Waals surface area contributed by atoms with Gasteiger partial charge in [0.2, 0.25) is 0 Å². The Kier molecular flexibility index (Phi) is 23.5. The lowest BCUT2D eigenvalue weighted by Crippen LogP contribution is -3.00. The Morgan fingerprint density at radius 3 is 1.40 bits per heavy atom. The molecule has 0 radical (unpaired) electrons. The number of unbranched alkanes of at least 4 members (excludes halogenated alkanes) is 17. The number of halogens is 1. The normalized spacial score (nSPS) is 12.5. The van der Waals surface area contributed by atoms with Gasteiger partial charge in [-0.2, -0.15) is 0 Å². The third-order valence-corrected chi connectivity index (χ3v) is 8.03. The summed E-state index contributed by atoms with van der Waals surface area (Å²) < 4.78 is 1.20. The van der Waals surface area contributed by atoms with E-state index in [9.17, 15) is 0 Å². The summed E-state index contributed by atoms with van der Waals surface area (Å²) in [6, 6.07) is 12.0. The second-order valence-electron chi connectivity index (χ2n) is 11.6. The first-order valence-electron chi connectivity index (χ1n) is 15.5. The average Bonchev–Trinajstić information content (AvgIpc) is 2.84. The topological polar surface area (TPSA) is 0 Å². The van der Waals surface area contributed by atoms with Crippen molar-refractivity contribution in [2.45, 2.75) is 155 Å². The highest BCUT2D eigenvalue weighted by molar-refractivity contribution is 5.15. The van der Waals surface area contributed by atoms with E-state index in [0.717, 1.165) is 6.04 Å². The van der Waals surface area contributed by atoms with Crippen LogP contribution in [0, 0.1) is 0 Å². The molecule has 0 amide bonds. The molecule has 0 fully saturated rings. The highest BCUT2D eigenvalue weighted by Crippen LogP contribution is 2.22. The fourth-order valence-corrected chi connectivity index (χ4v) is 5.46. The van der Waals surface area contributed by atoms with Crippen LogP contribution in [0.2, 0.25) is 0 Å². The van der Waals surface area contributed by atoms with Gasteiger partial charge in [-0.3, -0.25) is 0 Å². The van der Waals surface area contributed by atoms with E-state index >= 15 is 0 Å². The number of likely N-dealkylation sites (N-methyl/N-ethyl adjacent to an activating group) is 1. The lowest BCUT2D eigenvalue weighted by Gasteiger charge is -2.39. The van der Waals surface area contributed by atoms with Crippen molar-refractivity contribution in [3.05, 3.63) is 35.9 Å². The van der Waals surface area contributed by atoms with Crippen LogP contribution in [0.1, 0.15) is 148 Å². The van der Waals surface area contributed by atoms with Crippen molar-refractivity contribution >= 4 is 0 Å². The molecule has 2 heteroatoms. The third-order valence-electron chi connectivity index (χ3n) is 8.03. The Hall–Kier alpha value is -0.530. The molecule has 0 aromatic heterocycles.